The molecule has 0 aromatic rings. The minimum Gasteiger partial charge on any atom is -0.412 e. The molecular formula is C16H27BN2O2. The lowest BCUT2D eigenvalue weighted by Crippen LogP contribution is -2.38. The van der Waals surface area contributed by atoms with Crippen molar-refractivity contribution in [2.75, 3.05) is 13.6 Å². The zero-order valence-corrected chi connectivity index (χ0v) is 13.8. The van der Waals surface area contributed by atoms with Gasteiger partial charge in [0.2, 0.25) is 7.41 Å². The molecule has 0 heterocycles. The van der Waals surface area contributed by atoms with Crippen molar-refractivity contribution in [3.05, 3.63) is 36.6 Å². The Labute approximate surface area is 129 Å². The summed E-state index contributed by atoms with van der Waals surface area (Å²) in [5.41, 5.74) is 0.771. The van der Waals surface area contributed by atoms with Crippen LogP contribution in [-0.2, 0) is 4.74 Å². The van der Waals surface area contributed by atoms with Crippen LogP contribution >= 0.6 is 0 Å². The van der Waals surface area contributed by atoms with Gasteiger partial charge < -0.3 is 9.55 Å². The highest BCUT2D eigenvalue weighted by molar-refractivity contribution is 6.38. The maximum atomic E-state index is 12.2. The molecule has 0 N–H and O–H groups in total. The Bertz CT molecular complexity index is 417. The molecule has 116 valence electrons. The summed E-state index contributed by atoms with van der Waals surface area (Å²) in [6.45, 7) is 14.2. The second kappa shape index (κ2) is 10.9. The predicted molar refractivity (Wildman–Crippen MR) is 92.2 cm³/mol. The fraction of sp³-hybridized carbons (Fsp3) is 0.500. The van der Waals surface area contributed by atoms with Crippen molar-refractivity contribution in [2.45, 2.75) is 39.4 Å². The molecule has 1 unspecified atom stereocenters. The summed E-state index contributed by atoms with van der Waals surface area (Å²) in [7, 11) is 2.30. The molecule has 4 nitrogen and oxygen atoms in total. The third-order valence-electron chi connectivity index (χ3n) is 2.95. The Kier molecular flexibility index (Phi) is 10.0. The van der Waals surface area contributed by atoms with Crippen LogP contribution in [0.15, 0.2) is 41.6 Å². The van der Waals surface area contributed by atoms with Crippen LogP contribution in [-0.4, -0.2) is 38.1 Å². The van der Waals surface area contributed by atoms with Crippen LogP contribution in [0.3, 0.4) is 0 Å². The van der Waals surface area contributed by atoms with Gasteiger partial charge in [-0.15, -0.1) is 0 Å². The summed E-state index contributed by atoms with van der Waals surface area (Å²) in [4.78, 5) is 17.8. The zero-order valence-electron chi connectivity index (χ0n) is 13.8. The number of rotatable bonds is 9. The summed E-state index contributed by atoms with van der Waals surface area (Å²) >= 11 is 0. The van der Waals surface area contributed by atoms with E-state index in [1.54, 1.807) is 24.1 Å². The molecule has 1 amide bonds. The van der Waals surface area contributed by atoms with Gasteiger partial charge in [0, 0.05) is 19.8 Å². The Morgan fingerprint density at radius 2 is 2.10 bits per heavy atom. The van der Waals surface area contributed by atoms with E-state index in [4.69, 9.17) is 4.74 Å². The van der Waals surface area contributed by atoms with Gasteiger partial charge in [-0.1, -0.05) is 46.4 Å². The highest BCUT2D eigenvalue weighted by atomic mass is 16.6. The van der Waals surface area contributed by atoms with Crippen LogP contribution in [0.2, 0.25) is 5.82 Å². The van der Waals surface area contributed by atoms with Crippen molar-refractivity contribution in [1.82, 2.24) is 4.81 Å². The number of amides is 1. The average molecular weight is 290 g/mol. The molecule has 0 bridgehead atoms. The lowest BCUT2D eigenvalue weighted by atomic mass is 9.73. The zero-order chi connectivity index (χ0) is 16.3. The summed E-state index contributed by atoms with van der Waals surface area (Å²) in [6, 6.07) is 0. The van der Waals surface area contributed by atoms with Crippen molar-refractivity contribution < 1.29 is 9.53 Å². The minimum absolute atomic E-state index is 0.353. The number of carbonyl (C=O) groups excluding carboxylic acids is 1. The fourth-order valence-electron chi connectivity index (χ4n) is 1.64. The van der Waals surface area contributed by atoms with Gasteiger partial charge in [0.15, 0.2) is 0 Å². The number of allylic oxidation sites excluding steroid dienone is 2. The summed E-state index contributed by atoms with van der Waals surface area (Å²) in [6.07, 6.45) is 6.74. The second-order valence-corrected chi connectivity index (χ2v) is 5.08. The first-order valence-electron chi connectivity index (χ1n) is 7.36. The van der Waals surface area contributed by atoms with E-state index >= 15 is 0 Å². The SMILES string of the molecule is C=C(/C=N\C)CN(BC(C)CC)C(=O)OC(=C)/C=C\CC. The summed E-state index contributed by atoms with van der Waals surface area (Å²) in [5, 5.41) is 0. The topological polar surface area (TPSA) is 41.9 Å². The Balaban J connectivity index is 4.76. The van der Waals surface area contributed by atoms with Crippen molar-refractivity contribution in [3.63, 3.8) is 0 Å². The van der Waals surface area contributed by atoms with E-state index in [0.717, 1.165) is 18.4 Å². The highest BCUT2D eigenvalue weighted by Gasteiger charge is 2.20. The average Bonchev–Trinajstić information content (AvgIpc) is 2.44. The van der Waals surface area contributed by atoms with Crippen molar-refractivity contribution in [3.8, 4) is 0 Å². The van der Waals surface area contributed by atoms with Gasteiger partial charge in [0.1, 0.15) is 5.76 Å². The predicted octanol–water partition coefficient (Wildman–Crippen LogP) is 3.73. The molecule has 0 aliphatic rings. The standard InChI is InChI=1S/C16H27BN2O2/c1-7-9-10-15(5)21-16(20)19(17-14(4)8-2)12-13(3)11-18-6/h9-11,14,17H,3,5,7-8,12H2,1-2,4,6H3/b10-9-,18-11-. The molecule has 21 heavy (non-hydrogen) atoms. The van der Waals surface area contributed by atoms with Gasteiger partial charge in [-0.05, 0) is 23.9 Å². The van der Waals surface area contributed by atoms with E-state index in [1.165, 1.54) is 0 Å². The maximum absolute atomic E-state index is 12.2. The smallest absolute Gasteiger partial charge is 0.402 e. The van der Waals surface area contributed by atoms with E-state index in [9.17, 15) is 4.79 Å². The van der Waals surface area contributed by atoms with Crippen LogP contribution in [0.1, 0.15) is 33.6 Å². The molecule has 0 radical (unpaired) electrons. The van der Waals surface area contributed by atoms with Gasteiger partial charge >= 0.3 is 6.09 Å². The molecular weight excluding hydrogens is 263 g/mol. The van der Waals surface area contributed by atoms with Crippen LogP contribution in [0.5, 0.6) is 0 Å². The molecule has 0 saturated carbocycles. The molecule has 0 rings (SSSR count). The van der Waals surface area contributed by atoms with Gasteiger partial charge in [-0.25, -0.2) is 4.79 Å². The fourth-order valence-corrected chi connectivity index (χ4v) is 1.64. The monoisotopic (exact) mass is 290 g/mol. The Morgan fingerprint density at radius 3 is 2.62 bits per heavy atom. The first-order valence-corrected chi connectivity index (χ1v) is 7.36. The van der Waals surface area contributed by atoms with Gasteiger partial charge in [-0.2, -0.15) is 0 Å². The van der Waals surface area contributed by atoms with E-state index in [2.05, 4.69) is 32.0 Å². The highest BCUT2D eigenvalue weighted by Crippen LogP contribution is 2.12. The first-order chi connectivity index (χ1) is 9.94. The molecule has 0 aromatic carbocycles. The van der Waals surface area contributed by atoms with Crippen LogP contribution in [0.4, 0.5) is 4.79 Å². The quantitative estimate of drug-likeness (QED) is 0.281. The molecule has 0 aliphatic carbocycles. The van der Waals surface area contributed by atoms with Crippen LogP contribution < -0.4 is 0 Å². The van der Waals surface area contributed by atoms with Gasteiger partial charge in [0.25, 0.3) is 0 Å². The Hall–Kier alpha value is -1.78. The van der Waals surface area contributed by atoms with Gasteiger partial charge in [0.05, 0.1) is 0 Å². The van der Waals surface area contributed by atoms with E-state index in [-0.39, 0.29) is 0 Å². The molecule has 0 fully saturated rings. The lowest BCUT2D eigenvalue weighted by Gasteiger charge is -2.24. The largest absolute Gasteiger partial charge is 0.412 e. The van der Waals surface area contributed by atoms with E-state index < -0.39 is 6.09 Å². The normalized spacial score (nSPS) is 12.4. The molecule has 0 aliphatic heterocycles. The molecule has 0 spiro atoms. The summed E-state index contributed by atoms with van der Waals surface area (Å²) < 4.78 is 5.26. The Morgan fingerprint density at radius 1 is 1.43 bits per heavy atom. The molecule has 0 saturated heterocycles. The number of nitrogens with zero attached hydrogens (tertiary/aromatic N) is 2. The van der Waals surface area contributed by atoms with Crippen LogP contribution in [0, 0.1) is 0 Å². The molecule has 1 atom stereocenters. The van der Waals surface area contributed by atoms with Crippen LogP contribution in [0.25, 0.3) is 0 Å². The first kappa shape index (κ1) is 19.2. The number of carbonyl (C=O) groups is 1. The van der Waals surface area contributed by atoms with E-state index in [1.807, 2.05) is 13.0 Å². The lowest BCUT2D eigenvalue weighted by molar-refractivity contribution is 0.159. The van der Waals surface area contributed by atoms with Crippen molar-refractivity contribution >= 4 is 19.7 Å². The third kappa shape index (κ3) is 8.89. The number of hydrogen-bond acceptors (Lipinski definition) is 3. The third-order valence-corrected chi connectivity index (χ3v) is 2.95. The molecule has 5 heteroatoms. The number of aliphatic imine (C=N–C) groups is 1. The maximum Gasteiger partial charge on any atom is 0.402 e. The van der Waals surface area contributed by atoms with Crippen molar-refractivity contribution in [1.29, 1.82) is 0 Å². The van der Waals surface area contributed by atoms with Gasteiger partial charge in [-0.3, -0.25) is 4.99 Å². The summed E-state index contributed by atoms with van der Waals surface area (Å²) in [5.74, 6) is 0.745. The van der Waals surface area contributed by atoms with E-state index in [0.29, 0.717) is 25.5 Å². The van der Waals surface area contributed by atoms with Crippen molar-refractivity contribution in [2.24, 2.45) is 4.99 Å². The minimum atomic E-state index is -0.397. The number of ether oxygens (including phenoxy) is 1. The molecule has 0 aromatic heterocycles. The second-order valence-electron chi connectivity index (χ2n) is 5.08. The number of hydrogen-bond donors (Lipinski definition) is 0.